The molecule has 18 heavy (non-hydrogen) atoms. The van der Waals surface area contributed by atoms with Crippen molar-refractivity contribution < 1.29 is 5.11 Å². The van der Waals surface area contributed by atoms with Crippen LogP contribution in [-0.2, 0) is 7.05 Å². The van der Waals surface area contributed by atoms with Crippen molar-refractivity contribution in [3.63, 3.8) is 0 Å². The van der Waals surface area contributed by atoms with Crippen LogP contribution in [0, 0.1) is 0 Å². The van der Waals surface area contributed by atoms with Crippen molar-refractivity contribution in [1.29, 1.82) is 0 Å². The largest absolute Gasteiger partial charge is 0.387 e. The summed E-state index contributed by atoms with van der Waals surface area (Å²) in [5.41, 5.74) is 1.94. The van der Waals surface area contributed by atoms with Gasteiger partial charge in [-0.15, -0.1) is 5.10 Å². The van der Waals surface area contributed by atoms with Crippen molar-refractivity contribution in [2.75, 3.05) is 0 Å². The first-order valence-electron chi connectivity index (χ1n) is 5.87. The molecule has 0 amide bonds. The molecule has 2 aromatic rings. The number of halogens is 1. The van der Waals surface area contributed by atoms with Gasteiger partial charge in [0.1, 0.15) is 5.69 Å². The summed E-state index contributed by atoms with van der Waals surface area (Å²) in [5, 5.41) is 18.0. The van der Waals surface area contributed by atoms with Gasteiger partial charge in [-0.25, -0.2) is 4.68 Å². The van der Waals surface area contributed by atoms with E-state index in [2.05, 4.69) is 45.3 Å². The molecule has 5 heteroatoms. The summed E-state index contributed by atoms with van der Waals surface area (Å²) in [6, 6.07) is 10.2. The second-order valence-corrected chi connectivity index (χ2v) is 5.20. The Morgan fingerprint density at radius 2 is 2.00 bits per heavy atom. The third-order valence-corrected chi connectivity index (χ3v) is 3.65. The van der Waals surface area contributed by atoms with Gasteiger partial charge in [0.15, 0.2) is 4.60 Å². The van der Waals surface area contributed by atoms with Crippen molar-refractivity contribution in [2.45, 2.75) is 25.4 Å². The van der Waals surface area contributed by atoms with E-state index in [4.69, 9.17) is 0 Å². The first-order chi connectivity index (χ1) is 8.59. The number of rotatable bonds is 4. The first kappa shape index (κ1) is 13.2. The van der Waals surface area contributed by atoms with E-state index >= 15 is 0 Å². The molecule has 0 spiro atoms. The molecule has 1 N–H and O–H groups in total. The SMILES string of the molecule is CC(CC(O)c1c(Br)nnn1C)c1ccccc1. The molecule has 0 saturated carbocycles. The van der Waals surface area contributed by atoms with Gasteiger partial charge in [0.25, 0.3) is 0 Å². The molecule has 2 atom stereocenters. The highest BCUT2D eigenvalue weighted by Crippen LogP contribution is 2.30. The Morgan fingerprint density at radius 3 is 2.56 bits per heavy atom. The van der Waals surface area contributed by atoms with Crippen LogP contribution in [0.2, 0.25) is 0 Å². The van der Waals surface area contributed by atoms with Gasteiger partial charge in [0.2, 0.25) is 0 Å². The lowest BCUT2D eigenvalue weighted by Crippen LogP contribution is -2.09. The van der Waals surface area contributed by atoms with Gasteiger partial charge in [-0.2, -0.15) is 0 Å². The smallest absolute Gasteiger partial charge is 0.154 e. The van der Waals surface area contributed by atoms with Gasteiger partial charge in [0, 0.05) is 7.05 Å². The Labute approximate surface area is 115 Å². The summed E-state index contributed by atoms with van der Waals surface area (Å²) in [7, 11) is 1.78. The van der Waals surface area contributed by atoms with E-state index in [1.807, 2.05) is 18.2 Å². The molecule has 2 rings (SSSR count). The zero-order valence-electron chi connectivity index (χ0n) is 10.4. The Hall–Kier alpha value is -1.20. The summed E-state index contributed by atoms with van der Waals surface area (Å²) in [4.78, 5) is 0. The van der Waals surface area contributed by atoms with E-state index in [9.17, 15) is 5.11 Å². The van der Waals surface area contributed by atoms with Crippen LogP contribution in [0.4, 0.5) is 0 Å². The van der Waals surface area contributed by atoms with E-state index in [-0.39, 0.29) is 5.92 Å². The lowest BCUT2D eigenvalue weighted by atomic mass is 9.94. The normalized spacial score (nSPS) is 14.4. The minimum atomic E-state index is -0.574. The van der Waals surface area contributed by atoms with Crippen LogP contribution in [0.25, 0.3) is 0 Å². The maximum Gasteiger partial charge on any atom is 0.154 e. The lowest BCUT2D eigenvalue weighted by molar-refractivity contribution is 0.149. The van der Waals surface area contributed by atoms with Crippen LogP contribution in [0.1, 0.15) is 36.6 Å². The molecule has 4 nitrogen and oxygen atoms in total. The van der Waals surface area contributed by atoms with E-state index in [1.54, 1.807) is 11.7 Å². The van der Waals surface area contributed by atoms with Crippen LogP contribution < -0.4 is 0 Å². The van der Waals surface area contributed by atoms with Crippen LogP contribution >= 0.6 is 15.9 Å². The van der Waals surface area contributed by atoms with Crippen LogP contribution in [-0.4, -0.2) is 20.1 Å². The molecule has 0 bridgehead atoms. The monoisotopic (exact) mass is 309 g/mol. The predicted octanol–water partition coefficient (Wildman–Crippen LogP) is 2.80. The van der Waals surface area contributed by atoms with Crippen molar-refractivity contribution in [2.24, 2.45) is 7.05 Å². The Morgan fingerprint density at radius 1 is 1.33 bits per heavy atom. The van der Waals surface area contributed by atoms with Gasteiger partial charge in [-0.1, -0.05) is 42.5 Å². The zero-order valence-corrected chi connectivity index (χ0v) is 12.0. The summed E-state index contributed by atoms with van der Waals surface area (Å²) in [5.74, 6) is 0.281. The van der Waals surface area contributed by atoms with Gasteiger partial charge >= 0.3 is 0 Å². The van der Waals surface area contributed by atoms with E-state index in [0.717, 1.165) is 5.69 Å². The molecule has 0 aliphatic rings. The lowest BCUT2D eigenvalue weighted by Gasteiger charge is -2.17. The third-order valence-electron chi connectivity index (χ3n) is 3.09. The van der Waals surface area contributed by atoms with Crippen LogP contribution in [0.15, 0.2) is 34.9 Å². The number of nitrogens with zero attached hydrogens (tertiary/aromatic N) is 3. The Bertz CT molecular complexity index is 493. The minimum absolute atomic E-state index is 0.281. The molecule has 96 valence electrons. The van der Waals surface area contributed by atoms with Crippen LogP contribution in [0.5, 0.6) is 0 Å². The summed E-state index contributed by atoms with van der Waals surface area (Å²) < 4.78 is 2.21. The maximum atomic E-state index is 10.3. The topological polar surface area (TPSA) is 50.9 Å². The van der Waals surface area contributed by atoms with Gasteiger partial charge < -0.3 is 5.11 Å². The number of hydrogen-bond donors (Lipinski definition) is 1. The predicted molar refractivity (Wildman–Crippen MR) is 73.1 cm³/mol. The fourth-order valence-electron chi connectivity index (χ4n) is 2.06. The van der Waals surface area contributed by atoms with Gasteiger partial charge in [-0.3, -0.25) is 0 Å². The van der Waals surface area contributed by atoms with E-state index in [1.165, 1.54) is 5.56 Å². The van der Waals surface area contributed by atoms with E-state index < -0.39 is 6.10 Å². The summed E-state index contributed by atoms with van der Waals surface area (Å²) in [6.45, 7) is 2.11. The quantitative estimate of drug-likeness (QED) is 0.945. The highest BCUT2D eigenvalue weighted by Gasteiger charge is 2.20. The Kier molecular flexibility index (Phi) is 4.14. The standard InChI is InChI=1S/C13H16BrN3O/c1-9(10-6-4-3-5-7-10)8-11(18)12-13(14)15-16-17(12)2/h3-7,9,11,18H,8H2,1-2H3. The number of aliphatic hydroxyl groups is 1. The van der Waals surface area contributed by atoms with Crippen molar-refractivity contribution in [3.05, 3.63) is 46.2 Å². The zero-order chi connectivity index (χ0) is 13.1. The highest BCUT2D eigenvalue weighted by molar-refractivity contribution is 9.10. The minimum Gasteiger partial charge on any atom is -0.387 e. The molecule has 1 heterocycles. The molecule has 1 aromatic heterocycles. The molecule has 0 aliphatic carbocycles. The molecule has 2 unspecified atom stereocenters. The second-order valence-electron chi connectivity index (χ2n) is 4.45. The van der Waals surface area contributed by atoms with Crippen LogP contribution in [0.3, 0.4) is 0 Å². The average molecular weight is 310 g/mol. The van der Waals surface area contributed by atoms with Gasteiger partial charge in [0.05, 0.1) is 6.10 Å². The molecule has 0 radical (unpaired) electrons. The average Bonchev–Trinajstić information content (AvgIpc) is 2.70. The third kappa shape index (κ3) is 2.79. The fraction of sp³-hybridized carbons (Fsp3) is 0.385. The number of aromatic nitrogens is 3. The van der Waals surface area contributed by atoms with Crippen molar-refractivity contribution in [1.82, 2.24) is 15.0 Å². The maximum absolute atomic E-state index is 10.3. The molecule has 0 aliphatic heterocycles. The summed E-state index contributed by atoms with van der Waals surface area (Å²) >= 11 is 3.31. The summed E-state index contributed by atoms with van der Waals surface area (Å²) in [6.07, 6.45) is 0.0682. The highest BCUT2D eigenvalue weighted by atomic mass is 79.9. The van der Waals surface area contributed by atoms with Crippen molar-refractivity contribution >= 4 is 15.9 Å². The number of benzene rings is 1. The molecular formula is C13H16BrN3O. The fourth-order valence-corrected chi connectivity index (χ4v) is 2.65. The number of aryl methyl sites for hydroxylation is 1. The van der Waals surface area contributed by atoms with Crippen molar-refractivity contribution in [3.8, 4) is 0 Å². The first-order valence-corrected chi connectivity index (χ1v) is 6.67. The van der Waals surface area contributed by atoms with Gasteiger partial charge in [-0.05, 0) is 33.8 Å². The van der Waals surface area contributed by atoms with E-state index in [0.29, 0.717) is 11.0 Å². The molecule has 0 fully saturated rings. The molecular weight excluding hydrogens is 294 g/mol. The number of aliphatic hydroxyl groups excluding tert-OH is 1. The Balaban J connectivity index is 2.11. The molecule has 0 saturated heterocycles. The number of hydrogen-bond acceptors (Lipinski definition) is 3. The molecule has 1 aromatic carbocycles. The second kappa shape index (κ2) is 5.63.